The van der Waals surface area contributed by atoms with Crippen LogP contribution < -0.4 is 11.1 Å². The Morgan fingerprint density at radius 3 is 2.53 bits per heavy atom. The van der Waals surface area contributed by atoms with Crippen LogP contribution in [0.5, 0.6) is 0 Å². The zero-order chi connectivity index (χ0) is 12.1. The summed E-state index contributed by atoms with van der Waals surface area (Å²) in [5.41, 5.74) is 5.59. The molecule has 2 fully saturated rings. The molecule has 2 heterocycles. The van der Waals surface area contributed by atoms with Gasteiger partial charge in [-0.05, 0) is 58.4 Å². The minimum atomic E-state index is 0.738. The van der Waals surface area contributed by atoms with Crippen molar-refractivity contribution in [1.82, 2.24) is 15.1 Å². The standard InChI is InChI=1S/C13H28N4/c1-16-6-4-13(11-16)15-10-12-2-7-17(8-3-12)9-5-14/h12-13,15H,2-11,14H2,1H3. The molecule has 4 heteroatoms. The van der Waals surface area contributed by atoms with Gasteiger partial charge < -0.3 is 20.9 Å². The first-order chi connectivity index (χ1) is 8.28. The van der Waals surface area contributed by atoms with Gasteiger partial charge in [0.05, 0.1) is 0 Å². The number of nitrogens with one attached hydrogen (secondary N) is 1. The Morgan fingerprint density at radius 1 is 1.18 bits per heavy atom. The third-order valence-electron chi connectivity index (χ3n) is 4.24. The maximum Gasteiger partial charge on any atom is 0.0207 e. The van der Waals surface area contributed by atoms with E-state index in [0.717, 1.165) is 25.0 Å². The van der Waals surface area contributed by atoms with E-state index in [9.17, 15) is 0 Å². The fourth-order valence-electron chi connectivity index (χ4n) is 3.03. The Hall–Kier alpha value is -0.160. The summed E-state index contributed by atoms with van der Waals surface area (Å²) in [4.78, 5) is 4.92. The van der Waals surface area contributed by atoms with Crippen molar-refractivity contribution in [2.45, 2.75) is 25.3 Å². The second kappa shape index (κ2) is 6.69. The summed E-state index contributed by atoms with van der Waals surface area (Å²) < 4.78 is 0. The van der Waals surface area contributed by atoms with Crippen molar-refractivity contribution in [3.63, 3.8) is 0 Å². The number of nitrogens with zero attached hydrogens (tertiary/aromatic N) is 2. The van der Waals surface area contributed by atoms with Crippen molar-refractivity contribution < 1.29 is 0 Å². The van der Waals surface area contributed by atoms with E-state index in [1.807, 2.05) is 0 Å². The Labute approximate surface area is 106 Å². The molecular formula is C13H28N4. The lowest BCUT2D eigenvalue weighted by atomic mass is 9.96. The average molecular weight is 240 g/mol. The number of likely N-dealkylation sites (tertiary alicyclic amines) is 2. The normalized spacial score (nSPS) is 28.9. The first-order valence-corrected chi connectivity index (χ1v) is 7.12. The minimum absolute atomic E-state index is 0.738. The molecule has 0 amide bonds. The van der Waals surface area contributed by atoms with Crippen molar-refractivity contribution >= 4 is 0 Å². The molecular weight excluding hydrogens is 212 g/mol. The molecule has 2 rings (SSSR count). The summed E-state index contributed by atoms with van der Waals surface area (Å²) in [7, 11) is 2.22. The number of rotatable bonds is 5. The van der Waals surface area contributed by atoms with Gasteiger partial charge in [0.25, 0.3) is 0 Å². The highest BCUT2D eigenvalue weighted by molar-refractivity contribution is 4.81. The first-order valence-electron chi connectivity index (χ1n) is 7.12. The maximum absolute atomic E-state index is 5.59. The quantitative estimate of drug-likeness (QED) is 0.707. The van der Waals surface area contributed by atoms with E-state index in [4.69, 9.17) is 5.73 Å². The summed E-state index contributed by atoms with van der Waals surface area (Å²) in [6, 6.07) is 0.738. The molecule has 0 aromatic carbocycles. The predicted molar refractivity (Wildman–Crippen MR) is 72.1 cm³/mol. The molecule has 17 heavy (non-hydrogen) atoms. The first kappa shape index (κ1) is 13.3. The van der Waals surface area contributed by atoms with Gasteiger partial charge >= 0.3 is 0 Å². The van der Waals surface area contributed by atoms with Crippen molar-refractivity contribution in [3.05, 3.63) is 0 Å². The lowest BCUT2D eigenvalue weighted by Crippen LogP contribution is -2.41. The molecule has 2 aliphatic rings. The van der Waals surface area contributed by atoms with Crippen molar-refractivity contribution in [1.29, 1.82) is 0 Å². The lowest BCUT2D eigenvalue weighted by molar-refractivity contribution is 0.184. The third kappa shape index (κ3) is 4.21. The van der Waals surface area contributed by atoms with E-state index in [-0.39, 0.29) is 0 Å². The van der Waals surface area contributed by atoms with E-state index in [0.29, 0.717) is 0 Å². The molecule has 3 N–H and O–H groups in total. The molecule has 0 aliphatic carbocycles. The summed E-state index contributed by atoms with van der Waals surface area (Å²) in [5, 5.41) is 3.74. The van der Waals surface area contributed by atoms with Crippen molar-refractivity contribution in [3.8, 4) is 0 Å². The predicted octanol–water partition coefficient (Wildman–Crippen LogP) is -0.0492. The van der Waals surface area contributed by atoms with Crippen LogP contribution in [0.1, 0.15) is 19.3 Å². The molecule has 4 nitrogen and oxygen atoms in total. The van der Waals surface area contributed by atoms with Crippen LogP contribution in [0.3, 0.4) is 0 Å². The highest BCUT2D eigenvalue weighted by Crippen LogP contribution is 2.16. The molecule has 1 atom stereocenters. The average Bonchev–Trinajstić information content (AvgIpc) is 2.75. The van der Waals surface area contributed by atoms with Crippen LogP contribution in [0.2, 0.25) is 0 Å². The van der Waals surface area contributed by atoms with E-state index in [1.54, 1.807) is 0 Å². The highest BCUT2D eigenvalue weighted by Gasteiger charge is 2.22. The van der Waals surface area contributed by atoms with E-state index in [2.05, 4.69) is 22.2 Å². The zero-order valence-corrected chi connectivity index (χ0v) is 11.2. The highest BCUT2D eigenvalue weighted by atomic mass is 15.2. The SMILES string of the molecule is CN1CCC(NCC2CCN(CCN)CC2)C1. The van der Waals surface area contributed by atoms with Gasteiger partial charge in [-0.3, -0.25) is 0 Å². The van der Waals surface area contributed by atoms with Gasteiger partial charge in [0, 0.05) is 25.7 Å². The van der Waals surface area contributed by atoms with Gasteiger partial charge in [-0.2, -0.15) is 0 Å². The van der Waals surface area contributed by atoms with Crippen LogP contribution in [0.25, 0.3) is 0 Å². The molecule has 0 bridgehead atoms. The van der Waals surface area contributed by atoms with E-state index in [1.165, 1.54) is 52.0 Å². The second-order valence-corrected chi connectivity index (χ2v) is 5.73. The molecule has 2 aliphatic heterocycles. The lowest BCUT2D eigenvalue weighted by Gasteiger charge is -2.32. The van der Waals surface area contributed by atoms with E-state index >= 15 is 0 Å². The summed E-state index contributed by atoms with van der Waals surface area (Å²) in [5.74, 6) is 0.884. The van der Waals surface area contributed by atoms with E-state index < -0.39 is 0 Å². The van der Waals surface area contributed by atoms with Crippen molar-refractivity contribution in [2.24, 2.45) is 11.7 Å². The fourth-order valence-corrected chi connectivity index (χ4v) is 3.03. The molecule has 0 saturated carbocycles. The second-order valence-electron chi connectivity index (χ2n) is 5.73. The third-order valence-corrected chi connectivity index (χ3v) is 4.24. The molecule has 2 saturated heterocycles. The minimum Gasteiger partial charge on any atom is -0.329 e. The smallest absolute Gasteiger partial charge is 0.0207 e. The number of nitrogens with two attached hydrogens (primary N) is 1. The number of piperidine rings is 1. The molecule has 1 unspecified atom stereocenters. The van der Waals surface area contributed by atoms with Gasteiger partial charge in [0.1, 0.15) is 0 Å². The monoisotopic (exact) mass is 240 g/mol. The Bertz CT molecular complexity index is 213. The summed E-state index contributed by atoms with van der Waals surface area (Å²) >= 11 is 0. The van der Waals surface area contributed by atoms with Crippen molar-refractivity contribution in [2.75, 3.05) is 52.9 Å². The zero-order valence-electron chi connectivity index (χ0n) is 11.2. The van der Waals surface area contributed by atoms with Crippen LogP contribution in [0.15, 0.2) is 0 Å². The van der Waals surface area contributed by atoms with Gasteiger partial charge in [-0.25, -0.2) is 0 Å². The van der Waals surface area contributed by atoms with Crippen LogP contribution in [-0.2, 0) is 0 Å². The Morgan fingerprint density at radius 2 is 1.94 bits per heavy atom. The number of likely N-dealkylation sites (N-methyl/N-ethyl adjacent to an activating group) is 1. The molecule has 0 spiro atoms. The number of hydrogen-bond donors (Lipinski definition) is 2. The largest absolute Gasteiger partial charge is 0.329 e. The van der Waals surface area contributed by atoms with Crippen LogP contribution in [0.4, 0.5) is 0 Å². The Kier molecular flexibility index (Phi) is 5.22. The fraction of sp³-hybridized carbons (Fsp3) is 1.00. The van der Waals surface area contributed by atoms with Gasteiger partial charge in [0.15, 0.2) is 0 Å². The summed E-state index contributed by atoms with van der Waals surface area (Å²) in [6.45, 7) is 8.07. The van der Waals surface area contributed by atoms with Gasteiger partial charge in [-0.15, -0.1) is 0 Å². The molecule has 100 valence electrons. The summed E-state index contributed by atoms with van der Waals surface area (Å²) in [6.07, 6.45) is 4.01. The molecule has 0 aromatic rings. The van der Waals surface area contributed by atoms with Crippen LogP contribution >= 0.6 is 0 Å². The van der Waals surface area contributed by atoms with Crippen LogP contribution in [0, 0.1) is 5.92 Å². The number of hydrogen-bond acceptors (Lipinski definition) is 4. The molecule has 0 radical (unpaired) electrons. The Balaban J connectivity index is 1.58. The maximum atomic E-state index is 5.59. The topological polar surface area (TPSA) is 44.5 Å². The van der Waals surface area contributed by atoms with Crippen LogP contribution in [-0.4, -0.2) is 68.7 Å². The van der Waals surface area contributed by atoms with Gasteiger partial charge in [0.2, 0.25) is 0 Å². The van der Waals surface area contributed by atoms with Gasteiger partial charge in [-0.1, -0.05) is 0 Å². The molecule has 0 aromatic heterocycles.